The summed E-state index contributed by atoms with van der Waals surface area (Å²) >= 11 is 0. The third kappa shape index (κ3) is 3.94. The predicted molar refractivity (Wildman–Crippen MR) is 84.1 cm³/mol. The smallest absolute Gasteiger partial charge is 0.110 e. The minimum Gasteiger partial charge on any atom is -0.311 e. The van der Waals surface area contributed by atoms with Gasteiger partial charge < -0.3 is 5.32 Å². The van der Waals surface area contributed by atoms with Gasteiger partial charge in [0.15, 0.2) is 0 Å². The summed E-state index contributed by atoms with van der Waals surface area (Å²) in [7, 11) is 0. The van der Waals surface area contributed by atoms with Crippen LogP contribution in [0, 0.1) is 12.3 Å². The molecule has 0 spiro atoms. The summed E-state index contributed by atoms with van der Waals surface area (Å²) in [6.45, 7) is 10.7. The molecule has 0 aliphatic heterocycles. The van der Waals surface area contributed by atoms with Crippen molar-refractivity contribution in [2.45, 2.75) is 40.7 Å². The molecule has 0 bridgehead atoms. The molecule has 20 heavy (non-hydrogen) atoms. The summed E-state index contributed by atoms with van der Waals surface area (Å²) in [4.78, 5) is 4.44. The van der Waals surface area contributed by atoms with Crippen molar-refractivity contribution >= 4 is 0 Å². The van der Waals surface area contributed by atoms with E-state index in [0.717, 1.165) is 18.9 Å². The van der Waals surface area contributed by atoms with E-state index in [2.05, 4.69) is 59.9 Å². The summed E-state index contributed by atoms with van der Waals surface area (Å²) < 4.78 is 2.21. The highest BCUT2D eigenvalue weighted by atomic mass is 15.1. The Hall–Kier alpha value is -1.61. The number of hydrogen-bond acceptors (Lipinski definition) is 2. The van der Waals surface area contributed by atoms with Crippen LogP contribution in [0.25, 0.3) is 5.69 Å². The van der Waals surface area contributed by atoms with Gasteiger partial charge in [-0.25, -0.2) is 4.98 Å². The number of imidazole rings is 1. The molecule has 0 saturated carbocycles. The van der Waals surface area contributed by atoms with Gasteiger partial charge in [-0.15, -0.1) is 0 Å². The first-order valence-corrected chi connectivity index (χ1v) is 7.27. The van der Waals surface area contributed by atoms with Crippen molar-refractivity contribution in [3.63, 3.8) is 0 Å². The molecule has 0 fully saturated rings. The van der Waals surface area contributed by atoms with E-state index in [9.17, 15) is 0 Å². The lowest BCUT2D eigenvalue weighted by molar-refractivity contribution is 0.366. The summed E-state index contributed by atoms with van der Waals surface area (Å²) in [5.74, 6) is 1.03. The van der Waals surface area contributed by atoms with Crippen molar-refractivity contribution in [1.82, 2.24) is 14.9 Å². The van der Waals surface area contributed by atoms with E-state index < -0.39 is 0 Å². The maximum atomic E-state index is 4.44. The van der Waals surface area contributed by atoms with Crippen molar-refractivity contribution in [3.05, 3.63) is 48.0 Å². The highest BCUT2D eigenvalue weighted by Crippen LogP contribution is 2.17. The number of aryl methyl sites for hydroxylation is 1. The number of nitrogens with one attached hydrogen (secondary N) is 1. The standard InChI is InChI=1S/C17H25N3/c1-14-19-13-16(12-18-11-10-17(2,3)4)20(14)15-8-6-5-7-9-15/h5-9,13,18H,10-12H2,1-4H3. The molecule has 0 unspecified atom stereocenters. The van der Waals surface area contributed by atoms with E-state index in [1.807, 2.05) is 19.2 Å². The first-order chi connectivity index (χ1) is 9.47. The quantitative estimate of drug-likeness (QED) is 0.840. The monoisotopic (exact) mass is 271 g/mol. The lowest BCUT2D eigenvalue weighted by Gasteiger charge is -2.18. The Bertz CT molecular complexity index is 535. The number of hydrogen-bond donors (Lipinski definition) is 1. The molecule has 1 heterocycles. The van der Waals surface area contributed by atoms with Crippen molar-refractivity contribution in [1.29, 1.82) is 0 Å². The van der Waals surface area contributed by atoms with E-state index in [4.69, 9.17) is 0 Å². The molecule has 0 amide bonds. The van der Waals surface area contributed by atoms with Gasteiger partial charge >= 0.3 is 0 Å². The molecule has 1 aromatic carbocycles. The zero-order chi connectivity index (χ0) is 14.6. The SMILES string of the molecule is Cc1ncc(CNCCC(C)(C)C)n1-c1ccccc1. The number of benzene rings is 1. The molecule has 2 aromatic rings. The molecule has 0 atom stereocenters. The number of nitrogens with zero attached hydrogens (tertiary/aromatic N) is 2. The number of aromatic nitrogens is 2. The van der Waals surface area contributed by atoms with Crippen molar-refractivity contribution in [2.24, 2.45) is 5.41 Å². The van der Waals surface area contributed by atoms with E-state index in [-0.39, 0.29) is 0 Å². The van der Waals surface area contributed by atoms with Gasteiger partial charge in [0, 0.05) is 12.2 Å². The fourth-order valence-corrected chi connectivity index (χ4v) is 2.23. The second-order valence-electron chi connectivity index (χ2n) is 6.46. The Balaban J connectivity index is 2.03. The molecule has 0 radical (unpaired) electrons. The average Bonchev–Trinajstić information content (AvgIpc) is 2.76. The Labute approximate surface area is 122 Å². The first-order valence-electron chi connectivity index (χ1n) is 7.27. The van der Waals surface area contributed by atoms with Gasteiger partial charge in [-0.05, 0) is 37.4 Å². The van der Waals surface area contributed by atoms with Crippen LogP contribution in [-0.4, -0.2) is 16.1 Å². The Morgan fingerprint density at radius 3 is 2.50 bits per heavy atom. The first kappa shape index (κ1) is 14.8. The summed E-state index contributed by atoms with van der Waals surface area (Å²) in [6.07, 6.45) is 3.14. The number of rotatable bonds is 5. The molecular formula is C17H25N3. The molecule has 2 rings (SSSR count). The molecule has 1 aromatic heterocycles. The summed E-state index contributed by atoms with van der Waals surface area (Å²) in [5.41, 5.74) is 2.76. The van der Waals surface area contributed by atoms with Crippen molar-refractivity contribution < 1.29 is 0 Å². The Kier molecular flexibility index (Phi) is 4.61. The van der Waals surface area contributed by atoms with Crippen LogP contribution in [0.15, 0.2) is 36.5 Å². The van der Waals surface area contributed by atoms with Gasteiger partial charge in [0.2, 0.25) is 0 Å². The molecule has 0 aliphatic rings. The van der Waals surface area contributed by atoms with E-state index in [1.165, 1.54) is 17.8 Å². The molecule has 0 aliphatic carbocycles. The molecule has 1 N–H and O–H groups in total. The normalized spacial score (nSPS) is 11.8. The highest BCUT2D eigenvalue weighted by molar-refractivity contribution is 5.35. The fraction of sp³-hybridized carbons (Fsp3) is 0.471. The zero-order valence-electron chi connectivity index (χ0n) is 13.0. The number of para-hydroxylation sites is 1. The van der Waals surface area contributed by atoms with E-state index in [1.54, 1.807) is 0 Å². The van der Waals surface area contributed by atoms with Crippen LogP contribution in [0.2, 0.25) is 0 Å². The van der Waals surface area contributed by atoms with Gasteiger partial charge in [-0.1, -0.05) is 39.0 Å². The Morgan fingerprint density at radius 2 is 1.85 bits per heavy atom. The lowest BCUT2D eigenvalue weighted by Crippen LogP contribution is -2.21. The fourth-order valence-electron chi connectivity index (χ4n) is 2.23. The molecule has 0 saturated heterocycles. The molecule has 3 nitrogen and oxygen atoms in total. The van der Waals surface area contributed by atoms with Crippen LogP contribution < -0.4 is 5.32 Å². The van der Waals surface area contributed by atoms with Gasteiger partial charge in [-0.3, -0.25) is 4.57 Å². The third-order valence-corrected chi connectivity index (χ3v) is 3.38. The van der Waals surface area contributed by atoms with E-state index >= 15 is 0 Å². The van der Waals surface area contributed by atoms with Gasteiger partial charge in [0.25, 0.3) is 0 Å². The minimum atomic E-state index is 0.378. The van der Waals surface area contributed by atoms with Gasteiger partial charge in [0.05, 0.1) is 11.9 Å². The van der Waals surface area contributed by atoms with Crippen molar-refractivity contribution in [2.75, 3.05) is 6.54 Å². The largest absolute Gasteiger partial charge is 0.311 e. The van der Waals surface area contributed by atoms with Crippen LogP contribution in [0.1, 0.15) is 38.7 Å². The van der Waals surface area contributed by atoms with Crippen LogP contribution in [0.4, 0.5) is 0 Å². The topological polar surface area (TPSA) is 29.9 Å². The lowest BCUT2D eigenvalue weighted by atomic mass is 9.92. The zero-order valence-corrected chi connectivity index (χ0v) is 13.0. The minimum absolute atomic E-state index is 0.378. The predicted octanol–water partition coefficient (Wildman–Crippen LogP) is 3.71. The van der Waals surface area contributed by atoms with Crippen LogP contribution in [0.3, 0.4) is 0 Å². The highest BCUT2D eigenvalue weighted by Gasteiger charge is 2.11. The molecule has 3 heteroatoms. The second kappa shape index (κ2) is 6.23. The van der Waals surface area contributed by atoms with E-state index in [0.29, 0.717) is 5.41 Å². The Morgan fingerprint density at radius 1 is 1.15 bits per heavy atom. The van der Waals surface area contributed by atoms with Gasteiger partial charge in [-0.2, -0.15) is 0 Å². The maximum Gasteiger partial charge on any atom is 0.110 e. The van der Waals surface area contributed by atoms with Crippen LogP contribution in [0.5, 0.6) is 0 Å². The third-order valence-electron chi connectivity index (χ3n) is 3.38. The summed E-state index contributed by atoms with van der Waals surface area (Å²) in [6, 6.07) is 10.4. The maximum absolute atomic E-state index is 4.44. The molecule has 108 valence electrons. The van der Waals surface area contributed by atoms with Crippen LogP contribution in [-0.2, 0) is 6.54 Å². The van der Waals surface area contributed by atoms with Crippen molar-refractivity contribution in [3.8, 4) is 5.69 Å². The summed E-state index contributed by atoms with van der Waals surface area (Å²) in [5, 5.41) is 3.52. The average molecular weight is 271 g/mol. The second-order valence-corrected chi connectivity index (χ2v) is 6.46. The molecular weight excluding hydrogens is 246 g/mol. The van der Waals surface area contributed by atoms with Gasteiger partial charge in [0.1, 0.15) is 5.82 Å². The van der Waals surface area contributed by atoms with Crippen LogP contribution >= 0.6 is 0 Å².